The lowest BCUT2D eigenvalue weighted by molar-refractivity contribution is -0.125. The molecular weight excluding hydrogens is 994 g/mol. The van der Waals surface area contributed by atoms with Gasteiger partial charge in [0.25, 0.3) is 0 Å². The fourth-order valence-electron chi connectivity index (χ4n) is 23.4. The second-order valence-electron chi connectivity index (χ2n) is 30.7. The molecule has 0 amide bonds. The molecule has 0 aromatic heterocycles. The topological polar surface area (TPSA) is 80.9 Å². The highest BCUT2D eigenvalue weighted by Crippen LogP contribution is 2.69. The first-order valence-electron chi connectivity index (χ1n) is 31.0. The van der Waals surface area contributed by atoms with Crippen LogP contribution >= 0.6 is 15.9 Å². The smallest absolute Gasteiger partial charge is 0.104 e. The zero-order valence-corrected chi connectivity index (χ0v) is 49.0. The first-order valence-corrected chi connectivity index (χ1v) is 32.2. The molecule has 12 saturated carbocycles. The van der Waals surface area contributed by atoms with Crippen LogP contribution < -0.4 is 0 Å². The van der Waals surface area contributed by atoms with Gasteiger partial charge >= 0.3 is 0 Å². The molecule has 74 heavy (non-hydrogen) atoms. The lowest BCUT2D eigenvalue weighted by Gasteiger charge is -2.57. The molecule has 0 aliphatic heterocycles. The summed E-state index contributed by atoms with van der Waals surface area (Å²) in [4.78, 5) is 0. The maximum Gasteiger partial charge on any atom is 0.104 e. The molecule has 12 aliphatic rings. The molecule has 12 rings (SSSR count). The standard InChI is InChI=1S/C22H34BrFO.C22H35FO2.C22H35FO/c1-13(12-23)18-4-5-19-16-10-20(24)17-11-21(2,25)8-6-15(17)14(16)7-9-22(18,19)3;1-13(12-24)18-4-5-19-16-10-20(23)17-11-21(2,25)8-6-15(17)14(16)7-9-22(18,19)3;1-13(2)18-5-6-19-16-11-20(23)17-12-21(3,24)9-7-15(17)14(16)8-10-22(18,19)4/h14-20,25H,1,4-12H2,2-3H3;14-20,24-25H,1,4-12H2,2-3H3;14-20,24H,1,5-12H2,2-4H3/t3*14-,15-,16-,17+,18-,19+,20-,21+,22-/m111/s1. The van der Waals surface area contributed by atoms with Gasteiger partial charge in [-0.15, -0.1) is 0 Å². The lowest BCUT2D eigenvalue weighted by Crippen LogP contribution is -2.54. The summed E-state index contributed by atoms with van der Waals surface area (Å²) >= 11 is 3.62. The van der Waals surface area contributed by atoms with Gasteiger partial charge in [0, 0.05) is 5.33 Å². The van der Waals surface area contributed by atoms with Crippen LogP contribution in [0.5, 0.6) is 0 Å². The first-order chi connectivity index (χ1) is 34.8. The Labute approximate surface area is 456 Å². The zero-order valence-electron chi connectivity index (χ0n) is 47.4. The number of allylic oxidation sites excluding steroid dienone is 2. The van der Waals surface area contributed by atoms with Crippen molar-refractivity contribution in [1.29, 1.82) is 0 Å². The third-order valence-electron chi connectivity index (χ3n) is 26.7. The second-order valence-corrected chi connectivity index (χ2v) is 31.3. The Morgan fingerprint density at radius 2 is 0.703 bits per heavy atom. The maximum absolute atomic E-state index is 15.2. The van der Waals surface area contributed by atoms with Gasteiger partial charge in [0.15, 0.2) is 0 Å². The van der Waals surface area contributed by atoms with Crippen LogP contribution in [0, 0.1) is 123 Å². The van der Waals surface area contributed by atoms with Crippen molar-refractivity contribution in [2.24, 2.45) is 123 Å². The van der Waals surface area contributed by atoms with E-state index in [-0.39, 0.29) is 29.8 Å². The second kappa shape index (κ2) is 20.7. The molecule has 0 aromatic rings. The fourth-order valence-corrected chi connectivity index (χ4v) is 23.8. The highest BCUT2D eigenvalue weighted by Gasteiger charge is 2.63. The summed E-state index contributed by atoms with van der Waals surface area (Å²) in [7, 11) is 0. The third-order valence-corrected chi connectivity index (χ3v) is 27.4. The van der Waals surface area contributed by atoms with Crippen LogP contribution in [-0.4, -0.2) is 67.7 Å². The van der Waals surface area contributed by atoms with Gasteiger partial charge in [-0.2, -0.15) is 0 Å². The SMILES string of the molecule is C=C(C)[C@H]1CC[C@H]2[C@@H]3C[C@@H](F)[C@H]4C[C@@](C)(O)CC[C@@H]4[C@H]3CC[C@]12C.C=C(CBr)[C@H]1CC[C@H]2[C@@H]3C[C@@H](F)[C@H]4C[C@@](C)(O)CC[C@@H]4[C@H]3CC[C@]12C.C=C(CO)[C@H]1CC[C@H]2[C@@H]3C[C@@H](F)[C@H]4C[C@@](C)(O)CC[C@@H]4[C@H]3CC[C@]12C. The van der Waals surface area contributed by atoms with Crippen LogP contribution in [0.3, 0.4) is 0 Å². The maximum atomic E-state index is 15.2. The normalized spacial score (nSPS) is 55.7. The van der Waals surface area contributed by atoms with E-state index in [9.17, 15) is 20.4 Å². The van der Waals surface area contributed by atoms with Gasteiger partial charge in [-0.25, -0.2) is 13.2 Å². The molecule has 12 aliphatic carbocycles. The van der Waals surface area contributed by atoms with Gasteiger partial charge in [0.2, 0.25) is 0 Å². The van der Waals surface area contributed by atoms with Gasteiger partial charge in [0.1, 0.15) is 18.5 Å². The zero-order chi connectivity index (χ0) is 53.2. The molecule has 0 bridgehead atoms. The van der Waals surface area contributed by atoms with Crippen LogP contribution in [0.4, 0.5) is 13.2 Å². The van der Waals surface area contributed by atoms with E-state index in [1.807, 2.05) is 20.8 Å². The molecule has 4 nitrogen and oxygen atoms in total. The van der Waals surface area contributed by atoms with Gasteiger partial charge in [0.05, 0.1) is 23.4 Å². The number of fused-ring (bicyclic) bond motifs is 15. The van der Waals surface area contributed by atoms with Crippen molar-refractivity contribution < 1.29 is 33.6 Å². The largest absolute Gasteiger partial charge is 0.392 e. The highest BCUT2D eigenvalue weighted by atomic mass is 79.9. The Balaban J connectivity index is 0.000000127. The van der Waals surface area contributed by atoms with Crippen molar-refractivity contribution in [1.82, 2.24) is 0 Å². The van der Waals surface area contributed by atoms with Crippen molar-refractivity contribution in [3.05, 3.63) is 36.5 Å². The summed E-state index contributed by atoms with van der Waals surface area (Å²) in [6, 6.07) is 0. The first kappa shape index (κ1) is 56.6. The molecular formula is C66H104BrF3O4. The molecule has 0 heterocycles. The lowest BCUT2D eigenvalue weighted by atomic mass is 9.48. The summed E-state index contributed by atoms with van der Waals surface area (Å²) in [6.07, 6.45) is 22.5. The Kier molecular flexibility index (Phi) is 15.8. The molecule has 8 heteroatoms. The van der Waals surface area contributed by atoms with Crippen LogP contribution in [0.1, 0.15) is 203 Å². The van der Waals surface area contributed by atoms with E-state index >= 15 is 13.2 Å². The Hall–Kier alpha value is -0.670. The van der Waals surface area contributed by atoms with Crippen molar-refractivity contribution in [3.63, 3.8) is 0 Å². The quantitative estimate of drug-likeness (QED) is 0.163. The van der Waals surface area contributed by atoms with E-state index in [1.165, 1.54) is 81.8 Å². The van der Waals surface area contributed by atoms with E-state index in [4.69, 9.17) is 0 Å². The van der Waals surface area contributed by atoms with Crippen LogP contribution in [0.2, 0.25) is 0 Å². The number of halogens is 4. The average Bonchev–Trinajstić information content (AvgIpc) is 4.01. The van der Waals surface area contributed by atoms with Crippen LogP contribution in [0.25, 0.3) is 0 Å². The molecule has 420 valence electrons. The van der Waals surface area contributed by atoms with E-state index in [2.05, 4.69) is 63.4 Å². The Morgan fingerprint density at radius 3 is 1.01 bits per heavy atom. The number of rotatable bonds is 5. The van der Waals surface area contributed by atoms with Crippen molar-refractivity contribution >= 4 is 15.9 Å². The monoisotopic (exact) mass is 1100 g/mol. The number of hydrogen-bond donors (Lipinski definition) is 4. The summed E-state index contributed by atoms with van der Waals surface area (Å²) < 4.78 is 45.5. The molecule has 0 aromatic carbocycles. The van der Waals surface area contributed by atoms with Gasteiger partial charge < -0.3 is 20.4 Å². The molecule has 12 fully saturated rings. The fraction of sp³-hybridized carbons (Fsp3) is 0.909. The summed E-state index contributed by atoms with van der Waals surface area (Å²) in [5.41, 5.74) is 2.63. The molecule has 4 N–H and O–H groups in total. The van der Waals surface area contributed by atoms with Crippen molar-refractivity contribution in [3.8, 4) is 0 Å². The predicted octanol–water partition coefficient (Wildman–Crippen LogP) is 15.9. The molecule has 0 spiro atoms. The summed E-state index contributed by atoms with van der Waals surface area (Å²) in [5, 5.41) is 41.8. The molecule has 27 atom stereocenters. The Morgan fingerprint density at radius 1 is 0.419 bits per heavy atom. The van der Waals surface area contributed by atoms with Crippen LogP contribution in [-0.2, 0) is 0 Å². The minimum atomic E-state index is -0.750. The summed E-state index contributed by atoms with van der Waals surface area (Å²) in [5.74, 6) is 9.08. The highest BCUT2D eigenvalue weighted by molar-refractivity contribution is 9.09. The van der Waals surface area contributed by atoms with Gasteiger partial charge in [-0.3, -0.25) is 0 Å². The minimum Gasteiger partial charge on any atom is -0.392 e. The van der Waals surface area contributed by atoms with Crippen LogP contribution in [0.15, 0.2) is 36.5 Å². The van der Waals surface area contributed by atoms with Crippen molar-refractivity contribution in [2.45, 2.75) is 238 Å². The molecule has 0 saturated heterocycles. The Bertz CT molecular complexity index is 1980. The van der Waals surface area contributed by atoms with E-state index in [0.29, 0.717) is 125 Å². The number of aliphatic hydroxyl groups excluding tert-OH is 1. The summed E-state index contributed by atoms with van der Waals surface area (Å²) in [6.45, 7) is 28.1. The van der Waals surface area contributed by atoms with E-state index < -0.39 is 35.3 Å². The predicted molar refractivity (Wildman–Crippen MR) is 298 cm³/mol. The van der Waals surface area contributed by atoms with E-state index in [0.717, 1.165) is 68.7 Å². The molecule has 0 unspecified atom stereocenters. The molecule has 0 radical (unpaired) electrons. The van der Waals surface area contributed by atoms with Crippen molar-refractivity contribution in [2.75, 3.05) is 11.9 Å². The minimum absolute atomic E-state index is 0.0685. The van der Waals surface area contributed by atoms with Gasteiger partial charge in [-0.05, 0) is 310 Å². The number of alkyl halides is 4. The number of hydrogen-bond acceptors (Lipinski definition) is 4. The average molecular weight is 1100 g/mol. The number of aliphatic hydroxyl groups is 4. The van der Waals surface area contributed by atoms with Gasteiger partial charge in [-0.1, -0.05) is 67.6 Å². The third kappa shape index (κ3) is 9.84. The van der Waals surface area contributed by atoms with E-state index in [1.54, 1.807) is 0 Å².